The topological polar surface area (TPSA) is 64.3 Å². The van der Waals surface area contributed by atoms with Gasteiger partial charge < -0.3 is 4.90 Å². The van der Waals surface area contributed by atoms with E-state index in [0.717, 1.165) is 32.4 Å². The molecule has 1 atom stereocenters. The number of para-hydroxylation sites is 1. The Morgan fingerprint density at radius 1 is 1.12 bits per heavy atom. The van der Waals surface area contributed by atoms with Crippen LogP contribution in [0.15, 0.2) is 33.9 Å². The molecule has 6 nitrogen and oxygen atoms in total. The average molecular weight is 343 g/mol. The van der Waals surface area contributed by atoms with Crippen LogP contribution in [-0.4, -0.2) is 33.0 Å². The van der Waals surface area contributed by atoms with Crippen LogP contribution in [0.4, 0.5) is 0 Å². The van der Waals surface area contributed by atoms with Crippen molar-refractivity contribution in [1.82, 2.24) is 14.0 Å². The molecule has 2 heterocycles. The number of carbonyl (C=O) groups is 1. The Morgan fingerprint density at radius 3 is 2.48 bits per heavy atom. The smallest absolute Gasteiger partial charge is 0.332 e. The van der Waals surface area contributed by atoms with Crippen LogP contribution in [0.2, 0.25) is 0 Å². The van der Waals surface area contributed by atoms with Crippen LogP contribution in [0.3, 0.4) is 0 Å². The SMILES string of the molecule is CC[C@@H](C)n1c(=O)c2ccccc2n(CC(=O)N2CCCCC2)c1=O. The predicted octanol–water partition coefficient (Wildman–Crippen LogP) is 2.15. The number of likely N-dealkylation sites (tertiary alicyclic amines) is 1. The number of aromatic nitrogens is 2. The molecular formula is C19H25N3O3. The standard InChI is InChI=1S/C19H25N3O3/c1-3-14(2)22-18(24)15-9-5-6-10-16(15)21(19(22)25)13-17(23)20-11-7-4-8-12-20/h5-6,9-10,14H,3-4,7-8,11-13H2,1-2H3/t14-/m1/s1. The molecule has 0 bridgehead atoms. The van der Waals surface area contributed by atoms with Gasteiger partial charge in [-0.2, -0.15) is 0 Å². The first-order valence-corrected chi connectivity index (χ1v) is 9.06. The molecule has 0 radical (unpaired) electrons. The molecule has 1 aliphatic heterocycles. The minimum Gasteiger partial charge on any atom is -0.341 e. The summed E-state index contributed by atoms with van der Waals surface area (Å²) < 4.78 is 2.74. The summed E-state index contributed by atoms with van der Waals surface area (Å²) in [4.78, 5) is 40.2. The van der Waals surface area contributed by atoms with Gasteiger partial charge in [-0.25, -0.2) is 4.79 Å². The molecular weight excluding hydrogens is 318 g/mol. The van der Waals surface area contributed by atoms with Gasteiger partial charge in [-0.05, 0) is 44.7 Å². The number of hydrogen-bond acceptors (Lipinski definition) is 3. The summed E-state index contributed by atoms with van der Waals surface area (Å²) in [5.74, 6) is -0.0543. The van der Waals surface area contributed by atoms with Crippen molar-refractivity contribution in [2.24, 2.45) is 0 Å². The predicted molar refractivity (Wildman–Crippen MR) is 97.9 cm³/mol. The molecule has 3 rings (SSSR count). The van der Waals surface area contributed by atoms with Crippen LogP contribution >= 0.6 is 0 Å². The molecule has 1 aromatic heterocycles. The first-order chi connectivity index (χ1) is 12.0. The van der Waals surface area contributed by atoms with Gasteiger partial charge >= 0.3 is 5.69 Å². The van der Waals surface area contributed by atoms with Gasteiger partial charge in [0, 0.05) is 19.1 Å². The molecule has 2 aromatic rings. The highest BCUT2D eigenvalue weighted by molar-refractivity contribution is 5.81. The van der Waals surface area contributed by atoms with E-state index in [1.807, 2.05) is 18.7 Å². The Labute approximate surface area is 146 Å². The lowest BCUT2D eigenvalue weighted by Crippen LogP contribution is -2.45. The van der Waals surface area contributed by atoms with Crippen LogP contribution in [0.5, 0.6) is 0 Å². The van der Waals surface area contributed by atoms with Crippen molar-refractivity contribution in [3.8, 4) is 0 Å². The van der Waals surface area contributed by atoms with Gasteiger partial charge in [0.05, 0.1) is 10.9 Å². The molecule has 1 aromatic carbocycles. The second kappa shape index (κ2) is 7.25. The largest absolute Gasteiger partial charge is 0.341 e. The number of rotatable bonds is 4. The summed E-state index contributed by atoms with van der Waals surface area (Å²) >= 11 is 0. The van der Waals surface area contributed by atoms with Crippen molar-refractivity contribution >= 4 is 16.8 Å². The minimum atomic E-state index is -0.400. The third kappa shape index (κ3) is 3.25. The number of carbonyl (C=O) groups excluding carboxylic acids is 1. The lowest BCUT2D eigenvalue weighted by Gasteiger charge is -2.27. The summed E-state index contributed by atoms with van der Waals surface area (Å²) in [6.45, 7) is 5.27. The van der Waals surface area contributed by atoms with E-state index in [1.165, 1.54) is 9.13 Å². The highest BCUT2D eigenvalue weighted by Crippen LogP contribution is 2.13. The lowest BCUT2D eigenvalue weighted by atomic mass is 10.1. The molecule has 0 unspecified atom stereocenters. The van der Waals surface area contributed by atoms with Crippen molar-refractivity contribution in [2.75, 3.05) is 13.1 Å². The van der Waals surface area contributed by atoms with Crippen LogP contribution in [0, 0.1) is 0 Å². The van der Waals surface area contributed by atoms with Crippen molar-refractivity contribution in [3.05, 3.63) is 45.1 Å². The zero-order valence-corrected chi connectivity index (χ0v) is 14.9. The average Bonchev–Trinajstić information content (AvgIpc) is 2.65. The summed E-state index contributed by atoms with van der Waals surface area (Å²) in [5, 5.41) is 0.480. The minimum absolute atomic E-state index is 0.0178. The van der Waals surface area contributed by atoms with Gasteiger partial charge in [0.1, 0.15) is 6.54 Å². The summed E-state index contributed by atoms with van der Waals surface area (Å²) in [6, 6.07) is 6.82. The van der Waals surface area contributed by atoms with Crippen LogP contribution in [0.25, 0.3) is 10.9 Å². The molecule has 0 N–H and O–H groups in total. The molecule has 0 saturated carbocycles. The fraction of sp³-hybridized carbons (Fsp3) is 0.526. The number of hydrogen-bond donors (Lipinski definition) is 0. The van der Waals surface area contributed by atoms with Crippen molar-refractivity contribution in [1.29, 1.82) is 0 Å². The van der Waals surface area contributed by atoms with E-state index in [4.69, 9.17) is 0 Å². The first kappa shape index (κ1) is 17.5. The fourth-order valence-electron chi connectivity index (χ4n) is 3.44. The monoisotopic (exact) mass is 343 g/mol. The molecule has 1 saturated heterocycles. The maximum atomic E-state index is 13.0. The first-order valence-electron chi connectivity index (χ1n) is 9.06. The molecule has 134 valence electrons. The second-order valence-electron chi connectivity index (χ2n) is 6.76. The molecule has 0 spiro atoms. The zero-order valence-electron chi connectivity index (χ0n) is 14.9. The van der Waals surface area contributed by atoms with Crippen molar-refractivity contribution in [2.45, 2.75) is 52.1 Å². The third-order valence-corrected chi connectivity index (χ3v) is 5.11. The van der Waals surface area contributed by atoms with Gasteiger partial charge in [0.2, 0.25) is 5.91 Å². The molecule has 0 aliphatic carbocycles. The van der Waals surface area contributed by atoms with Crippen LogP contribution < -0.4 is 11.2 Å². The van der Waals surface area contributed by atoms with E-state index in [1.54, 1.807) is 24.3 Å². The van der Waals surface area contributed by atoms with Gasteiger partial charge in [0.25, 0.3) is 5.56 Å². The quantitative estimate of drug-likeness (QED) is 0.854. The van der Waals surface area contributed by atoms with E-state index < -0.39 is 5.69 Å². The second-order valence-corrected chi connectivity index (χ2v) is 6.76. The van der Waals surface area contributed by atoms with E-state index in [0.29, 0.717) is 17.3 Å². The third-order valence-electron chi connectivity index (χ3n) is 5.11. The van der Waals surface area contributed by atoms with Crippen molar-refractivity contribution < 1.29 is 4.79 Å². The van der Waals surface area contributed by atoms with Crippen molar-refractivity contribution in [3.63, 3.8) is 0 Å². The Kier molecular flexibility index (Phi) is 5.06. The lowest BCUT2D eigenvalue weighted by molar-refractivity contribution is -0.132. The van der Waals surface area contributed by atoms with Gasteiger partial charge in [0.15, 0.2) is 0 Å². The number of amides is 1. The highest BCUT2D eigenvalue weighted by Gasteiger charge is 2.21. The highest BCUT2D eigenvalue weighted by atomic mass is 16.2. The van der Waals surface area contributed by atoms with Gasteiger partial charge in [-0.1, -0.05) is 19.1 Å². The fourth-order valence-corrected chi connectivity index (χ4v) is 3.44. The van der Waals surface area contributed by atoms with Crippen LogP contribution in [0.1, 0.15) is 45.6 Å². The maximum absolute atomic E-state index is 13.0. The molecule has 25 heavy (non-hydrogen) atoms. The number of benzene rings is 1. The van der Waals surface area contributed by atoms with Gasteiger partial charge in [-0.15, -0.1) is 0 Å². The molecule has 1 amide bonds. The summed E-state index contributed by atoms with van der Waals surface area (Å²) in [5.41, 5.74) is -0.151. The van der Waals surface area contributed by atoms with Crippen LogP contribution in [-0.2, 0) is 11.3 Å². The molecule has 1 aliphatic rings. The Morgan fingerprint density at radius 2 is 1.80 bits per heavy atom. The van der Waals surface area contributed by atoms with E-state index in [-0.39, 0.29) is 24.1 Å². The van der Waals surface area contributed by atoms with E-state index in [9.17, 15) is 14.4 Å². The summed E-state index contributed by atoms with van der Waals surface area (Å²) in [7, 11) is 0. The number of fused-ring (bicyclic) bond motifs is 1. The van der Waals surface area contributed by atoms with E-state index in [2.05, 4.69) is 0 Å². The molecule has 6 heteroatoms. The van der Waals surface area contributed by atoms with Gasteiger partial charge in [-0.3, -0.25) is 18.7 Å². The zero-order chi connectivity index (χ0) is 18.0. The normalized spacial score (nSPS) is 16.2. The maximum Gasteiger partial charge on any atom is 0.332 e. The Bertz CT molecular complexity index is 891. The Hall–Kier alpha value is -2.37. The number of nitrogens with zero attached hydrogens (tertiary/aromatic N) is 3. The molecule has 1 fully saturated rings. The van der Waals surface area contributed by atoms with E-state index >= 15 is 0 Å². The summed E-state index contributed by atoms with van der Waals surface area (Å²) in [6.07, 6.45) is 3.83. The Balaban J connectivity index is 2.11. The number of piperidine rings is 1.